The first-order chi connectivity index (χ1) is 7.25. The Bertz CT molecular complexity index is 373. The van der Waals surface area contributed by atoms with Gasteiger partial charge in [0.1, 0.15) is 0 Å². The van der Waals surface area contributed by atoms with Crippen molar-refractivity contribution in [3.63, 3.8) is 0 Å². The number of carboxylic acid groups (broad SMARTS) is 1. The number of fused-ring (bicyclic) bond motifs is 1. The van der Waals surface area contributed by atoms with Crippen molar-refractivity contribution >= 4 is 5.97 Å². The van der Waals surface area contributed by atoms with E-state index in [1.165, 1.54) is 0 Å². The molecule has 0 aliphatic carbocycles. The third-order valence-electron chi connectivity index (χ3n) is 2.30. The predicted molar refractivity (Wildman–Crippen MR) is 52.7 cm³/mol. The zero-order chi connectivity index (χ0) is 10.7. The van der Waals surface area contributed by atoms with Gasteiger partial charge in [-0.15, -0.1) is 0 Å². The third-order valence-corrected chi connectivity index (χ3v) is 2.30. The molecule has 1 aromatic carbocycles. The van der Waals surface area contributed by atoms with Crippen LogP contribution in [0.5, 0.6) is 5.75 Å². The molecule has 0 fully saturated rings. The van der Waals surface area contributed by atoms with Gasteiger partial charge in [-0.2, -0.15) is 4.89 Å². The Morgan fingerprint density at radius 2 is 2.33 bits per heavy atom. The number of aryl methyl sites for hydroxylation is 1. The van der Waals surface area contributed by atoms with Gasteiger partial charge in [0, 0.05) is 0 Å². The van der Waals surface area contributed by atoms with Crippen molar-refractivity contribution in [1.29, 1.82) is 0 Å². The second kappa shape index (κ2) is 4.31. The smallest absolute Gasteiger partial charge is 0.307 e. The lowest BCUT2D eigenvalue weighted by atomic mass is 10.0. The van der Waals surface area contributed by atoms with Crippen LogP contribution in [0.15, 0.2) is 18.2 Å². The molecule has 0 unspecified atom stereocenters. The summed E-state index contributed by atoms with van der Waals surface area (Å²) < 4.78 is 0. The van der Waals surface area contributed by atoms with Crippen LogP contribution in [0.3, 0.4) is 0 Å². The number of carbonyl (C=O) groups is 1. The van der Waals surface area contributed by atoms with Crippen LogP contribution in [-0.4, -0.2) is 17.7 Å². The highest BCUT2D eigenvalue weighted by Crippen LogP contribution is 2.24. The summed E-state index contributed by atoms with van der Waals surface area (Å²) in [4.78, 5) is 20.5. The average Bonchev–Trinajstić information content (AvgIpc) is 2.41. The van der Waals surface area contributed by atoms with Crippen LogP contribution in [-0.2, 0) is 22.5 Å². The lowest BCUT2D eigenvalue weighted by molar-refractivity contribution is -0.203. The van der Waals surface area contributed by atoms with E-state index in [2.05, 4.69) is 0 Å². The highest BCUT2D eigenvalue weighted by Gasteiger charge is 2.11. The minimum absolute atomic E-state index is 0.0497. The van der Waals surface area contributed by atoms with E-state index in [9.17, 15) is 4.79 Å². The fraction of sp³-hybridized carbons (Fsp3) is 0.364. The standard InChI is InChI=1S/C11H12O4/c12-11(13)7-8-3-4-10-9(6-8)2-1-5-14-15-10/h3-4,6H,1-2,5,7H2,(H,12,13). The van der Waals surface area contributed by atoms with E-state index in [4.69, 9.17) is 14.9 Å². The van der Waals surface area contributed by atoms with Crippen LogP contribution >= 0.6 is 0 Å². The molecule has 0 atom stereocenters. The van der Waals surface area contributed by atoms with Gasteiger partial charge in [0.25, 0.3) is 0 Å². The average molecular weight is 208 g/mol. The van der Waals surface area contributed by atoms with E-state index in [1.807, 2.05) is 6.07 Å². The summed E-state index contributed by atoms with van der Waals surface area (Å²) in [6, 6.07) is 5.39. The van der Waals surface area contributed by atoms with Crippen molar-refractivity contribution in [3.05, 3.63) is 29.3 Å². The molecule has 1 heterocycles. The van der Waals surface area contributed by atoms with Crippen molar-refractivity contribution in [2.45, 2.75) is 19.3 Å². The van der Waals surface area contributed by atoms with E-state index in [-0.39, 0.29) is 6.42 Å². The molecule has 0 spiro atoms. The molecule has 15 heavy (non-hydrogen) atoms. The SMILES string of the molecule is O=C(O)Cc1ccc2c(c1)CCCOO2. The van der Waals surface area contributed by atoms with Gasteiger partial charge in [-0.05, 0) is 30.0 Å². The number of hydrogen-bond acceptors (Lipinski definition) is 3. The van der Waals surface area contributed by atoms with Crippen LogP contribution in [0.25, 0.3) is 0 Å². The first kappa shape index (κ1) is 9.98. The van der Waals surface area contributed by atoms with Crippen LogP contribution < -0.4 is 4.89 Å². The first-order valence-corrected chi connectivity index (χ1v) is 4.89. The zero-order valence-electron chi connectivity index (χ0n) is 8.23. The van der Waals surface area contributed by atoms with Crippen LogP contribution in [0.4, 0.5) is 0 Å². The highest BCUT2D eigenvalue weighted by molar-refractivity contribution is 5.70. The lowest BCUT2D eigenvalue weighted by Gasteiger charge is -2.06. The van der Waals surface area contributed by atoms with E-state index < -0.39 is 5.97 Å². The van der Waals surface area contributed by atoms with Crippen LogP contribution in [0.2, 0.25) is 0 Å². The Morgan fingerprint density at radius 1 is 1.47 bits per heavy atom. The summed E-state index contributed by atoms with van der Waals surface area (Å²) in [7, 11) is 0. The van der Waals surface area contributed by atoms with Gasteiger partial charge in [-0.1, -0.05) is 12.1 Å². The predicted octanol–water partition coefficient (Wildman–Crippen LogP) is 1.57. The van der Waals surface area contributed by atoms with E-state index in [0.29, 0.717) is 12.4 Å². The number of aliphatic carboxylic acids is 1. The molecular formula is C11H12O4. The monoisotopic (exact) mass is 208 g/mol. The van der Waals surface area contributed by atoms with Crippen LogP contribution in [0, 0.1) is 0 Å². The Morgan fingerprint density at radius 3 is 3.13 bits per heavy atom. The highest BCUT2D eigenvalue weighted by atomic mass is 17.2. The Balaban J connectivity index is 2.23. The van der Waals surface area contributed by atoms with E-state index >= 15 is 0 Å². The molecule has 0 saturated heterocycles. The second-order valence-electron chi connectivity index (χ2n) is 3.52. The number of benzene rings is 1. The second-order valence-corrected chi connectivity index (χ2v) is 3.52. The molecule has 0 aromatic heterocycles. The summed E-state index contributed by atoms with van der Waals surface area (Å²) in [5.41, 5.74) is 1.82. The summed E-state index contributed by atoms with van der Waals surface area (Å²) in [5.74, 6) is -0.123. The van der Waals surface area contributed by atoms with Gasteiger partial charge in [0.05, 0.1) is 13.0 Å². The molecule has 1 N–H and O–H groups in total. The normalized spacial score (nSPS) is 14.9. The van der Waals surface area contributed by atoms with Crippen molar-refractivity contribution in [1.82, 2.24) is 0 Å². The Hall–Kier alpha value is -1.55. The molecule has 4 heteroatoms. The van der Waals surface area contributed by atoms with Crippen molar-refractivity contribution in [2.75, 3.05) is 6.61 Å². The quantitative estimate of drug-likeness (QED) is 0.749. The molecule has 0 radical (unpaired) electrons. The van der Waals surface area contributed by atoms with E-state index in [1.54, 1.807) is 12.1 Å². The van der Waals surface area contributed by atoms with Gasteiger partial charge in [0.2, 0.25) is 0 Å². The van der Waals surface area contributed by atoms with Crippen LogP contribution in [0.1, 0.15) is 17.5 Å². The van der Waals surface area contributed by atoms with Crippen molar-refractivity contribution < 1.29 is 19.7 Å². The minimum Gasteiger partial charge on any atom is -0.481 e. The molecule has 0 bridgehead atoms. The summed E-state index contributed by atoms with van der Waals surface area (Å²) >= 11 is 0. The summed E-state index contributed by atoms with van der Waals surface area (Å²) in [6.07, 6.45) is 1.81. The maximum atomic E-state index is 10.5. The zero-order valence-corrected chi connectivity index (χ0v) is 8.23. The molecule has 4 nitrogen and oxygen atoms in total. The largest absolute Gasteiger partial charge is 0.481 e. The first-order valence-electron chi connectivity index (χ1n) is 4.89. The third kappa shape index (κ3) is 2.47. The molecule has 1 aliphatic heterocycles. The lowest BCUT2D eigenvalue weighted by Crippen LogP contribution is -2.01. The van der Waals surface area contributed by atoms with Gasteiger partial charge in [-0.3, -0.25) is 4.79 Å². The van der Waals surface area contributed by atoms with Crippen molar-refractivity contribution in [2.24, 2.45) is 0 Å². The maximum absolute atomic E-state index is 10.5. The molecule has 2 rings (SSSR count). The van der Waals surface area contributed by atoms with Gasteiger partial charge >= 0.3 is 5.97 Å². The Kier molecular flexibility index (Phi) is 2.87. The van der Waals surface area contributed by atoms with E-state index in [0.717, 1.165) is 24.0 Å². The molecule has 80 valence electrons. The number of hydrogen-bond donors (Lipinski definition) is 1. The maximum Gasteiger partial charge on any atom is 0.307 e. The molecular weight excluding hydrogens is 196 g/mol. The van der Waals surface area contributed by atoms with Crippen molar-refractivity contribution in [3.8, 4) is 5.75 Å². The molecule has 1 aromatic rings. The van der Waals surface area contributed by atoms with Gasteiger partial charge in [-0.25, -0.2) is 0 Å². The van der Waals surface area contributed by atoms with Gasteiger partial charge < -0.3 is 9.99 Å². The molecule has 0 saturated carbocycles. The number of rotatable bonds is 2. The fourth-order valence-electron chi connectivity index (χ4n) is 1.62. The minimum atomic E-state index is -0.819. The molecule has 1 aliphatic rings. The Labute approximate surface area is 87.4 Å². The fourth-order valence-corrected chi connectivity index (χ4v) is 1.62. The summed E-state index contributed by atoms with van der Waals surface area (Å²) in [5, 5.41) is 8.67. The van der Waals surface area contributed by atoms with Gasteiger partial charge in [0.15, 0.2) is 5.75 Å². The summed E-state index contributed by atoms with van der Waals surface area (Å²) in [6.45, 7) is 0.572. The molecule has 0 amide bonds. The number of carboxylic acids is 1. The topological polar surface area (TPSA) is 55.8 Å².